The van der Waals surface area contributed by atoms with Gasteiger partial charge in [-0.05, 0) is 24.1 Å². The Bertz CT molecular complexity index is 670. The van der Waals surface area contributed by atoms with E-state index < -0.39 is 11.9 Å². The van der Waals surface area contributed by atoms with E-state index in [1.807, 2.05) is 12.1 Å². The number of benzene rings is 1. The number of aliphatic carboxylic acids is 1. The molecule has 0 saturated heterocycles. The molecule has 0 aliphatic rings. The van der Waals surface area contributed by atoms with E-state index in [4.69, 9.17) is 19.3 Å². The summed E-state index contributed by atoms with van der Waals surface area (Å²) in [4.78, 5) is 23.0. The van der Waals surface area contributed by atoms with Crippen molar-refractivity contribution in [2.45, 2.75) is 19.3 Å². The number of ether oxygens (including phenoxy) is 3. The second-order valence-corrected chi connectivity index (χ2v) is 5.91. The van der Waals surface area contributed by atoms with Gasteiger partial charge in [-0.3, -0.25) is 9.59 Å². The lowest BCUT2D eigenvalue weighted by Crippen LogP contribution is -2.28. The number of carboxylic acid groups (broad SMARTS) is 1. The summed E-state index contributed by atoms with van der Waals surface area (Å²) in [7, 11) is 3.09. The first kappa shape index (κ1) is 22.2. The zero-order valence-corrected chi connectivity index (χ0v) is 15.8. The van der Waals surface area contributed by atoms with Crippen molar-refractivity contribution in [3.63, 3.8) is 0 Å². The van der Waals surface area contributed by atoms with E-state index >= 15 is 0 Å². The van der Waals surface area contributed by atoms with Crippen LogP contribution in [0.15, 0.2) is 43.0 Å². The molecule has 0 heterocycles. The van der Waals surface area contributed by atoms with E-state index in [0.717, 1.165) is 5.56 Å². The van der Waals surface area contributed by atoms with Gasteiger partial charge in [-0.2, -0.15) is 0 Å². The van der Waals surface area contributed by atoms with E-state index in [2.05, 4.69) is 18.5 Å². The molecule has 1 rings (SSSR count). The van der Waals surface area contributed by atoms with Crippen molar-refractivity contribution in [2.75, 3.05) is 27.6 Å². The average Bonchev–Trinajstić information content (AvgIpc) is 2.65. The van der Waals surface area contributed by atoms with Gasteiger partial charge in [0.05, 0.1) is 13.5 Å². The van der Waals surface area contributed by atoms with E-state index in [1.165, 1.54) is 13.2 Å². The van der Waals surface area contributed by atoms with Crippen LogP contribution in [-0.2, 0) is 20.7 Å². The fourth-order valence-electron chi connectivity index (χ4n) is 2.46. The monoisotopic (exact) mass is 377 g/mol. The van der Waals surface area contributed by atoms with Crippen LogP contribution in [0.1, 0.15) is 18.4 Å². The van der Waals surface area contributed by atoms with Crippen LogP contribution in [0, 0.1) is 5.92 Å². The van der Waals surface area contributed by atoms with Crippen LogP contribution in [0.2, 0.25) is 0 Å². The van der Waals surface area contributed by atoms with Gasteiger partial charge in [-0.15, -0.1) is 0 Å². The standard InChI is InChI=1S/C20H27NO6/c1-5-14(2)16(12-20(23)24)11-19(22)21-9-8-15-6-7-17(27-13-25-3)18(10-15)26-4/h5-7,10,16H,1-2,8-9,11-13H2,3-4H3,(H,21,22)(H,23,24). The molecule has 148 valence electrons. The Morgan fingerprint density at radius 2 is 2.00 bits per heavy atom. The molecule has 0 radical (unpaired) electrons. The van der Waals surface area contributed by atoms with E-state index in [0.29, 0.717) is 30.0 Å². The molecule has 0 spiro atoms. The molecule has 27 heavy (non-hydrogen) atoms. The summed E-state index contributed by atoms with van der Waals surface area (Å²) in [5, 5.41) is 11.8. The van der Waals surface area contributed by atoms with Crippen LogP contribution in [0.5, 0.6) is 11.5 Å². The number of carbonyl (C=O) groups is 2. The fourth-order valence-corrected chi connectivity index (χ4v) is 2.46. The van der Waals surface area contributed by atoms with Gasteiger partial charge >= 0.3 is 5.97 Å². The third kappa shape index (κ3) is 7.96. The van der Waals surface area contributed by atoms with Crippen molar-refractivity contribution < 1.29 is 28.9 Å². The molecule has 1 atom stereocenters. The maximum atomic E-state index is 12.1. The topological polar surface area (TPSA) is 94.1 Å². The lowest BCUT2D eigenvalue weighted by molar-refractivity contribution is -0.138. The number of allylic oxidation sites excluding steroid dienone is 2. The highest BCUT2D eigenvalue weighted by Crippen LogP contribution is 2.28. The molecule has 7 nitrogen and oxygen atoms in total. The Hall–Kier alpha value is -2.80. The van der Waals surface area contributed by atoms with Gasteiger partial charge in [0.25, 0.3) is 0 Å². The first-order valence-electron chi connectivity index (χ1n) is 8.49. The quantitative estimate of drug-likeness (QED) is 0.405. The highest BCUT2D eigenvalue weighted by atomic mass is 16.7. The number of methoxy groups -OCH3 is 2. The second kappa shape index (κ2) is 11.7. The maximum Gasteiger partial charge on any atom is 0.303 e. The van der Waals surface area contributed by atoms with Gasteiger partial charge in [0.2, 0.25) is 5.91 Å². The number of amides is 1. The molecule has 1 aromatic carbocycles. The highest BCUT2D eigenvalue weighted by molar-refractivity contribution is 5.78. The Balaban J connectivity index is 2.56. The molecule has 0 aliphatic heterocycles. The van der Waals surface area contributed by atoms with Crippen molar-refractivity contribution in [1.29, 1.82) is 0 Å². The average molecular weight is 377 g/mol. The molecule has 7 heteroatoms. The largest absolute Gasteiger partial charge is 0.493 e. The number of hydrogen-bond donors (Lipinski definition) is 2. The fraction of sp³-hybridized carbons (Fsp3) is 0.400. The Morgan fingerprint density at radius 1 is 1.26 bits per heavy atom. The molecular formula is C20H27NO6. The third-order valence-electron chi connectivity index (χ3n) is 3.94. The molecule has 0 fully saturated rings. The van der Waals surface area contributed by atoms with Gasteiger partial charge in [-0.25, -0.2) is 0 Å². The molecule has 0 saturated carbocycles. The molecule has 2 N–H and O–H groups in total. The second-order valence-electron chi connectivity index (χ2n) is 5.91. The summed E-state index contributed by atoms with van der Waals surface area (Å²) in [5.74, 6) is -0.501. The number of rotatable bonds is 13. The minimum absolute atomic E-state index is 0.0598. The molecule has 1 amide bonds. The first-order valence-corrected chi connectivity index (χ1v) is 8.49. The molecule has 0 aliphatic carbocycles. The van der Waals surface area contributed by atoms with Crippen molar-refractivity contribution in [2.24, 2.45) is 5.92 Å². The Labute approximate surface area is 159 Å². The van der Waals surface area contributed by atoms with E-state index in [9.17, 15) is 9.59 Å². The molecular weight excluding hydrogens is 350 g/mol. The van der Waals surface area contributed by atoms with Crippen LogP contribution < -0.4 is 14.8 Å². The van der Waals surface area contributed by atoms with Crippen molar-refractivity contribution in [3.8, 4) is 11.5 Å². The third-order valence-corrected chi connectivity index (χ3v) is 3.94. The lowest BCUT2D eigenvalue weighted by Gasteiger charge is -2.15. The van der Waals surface area contributed by atoms with Gasteiger partial charge in [-0.1, -0.05) is 30.9 Å². The van der Waals surface area contributed by atoms with Crippen LogP contribution in [0.3, 0.4) is 0 Å². The summed E-state index contributed by atoms with van der Waals surface area (Å²) in [5.41, 5.74) is 1.51. The molecule has 0 aromatic heterocycles. The van der Waals surface area contributed by atoms with Gasteiger partial charge in [0, 0.05) is 26.0 Å². The summed E-state index contributed by atoms with van der Waals surface area (Å²) in [6.07, 6.45) is 1.99. The zero-order chi connectivity index (χ0) is 20.2. The van der Waals surface area contributed by atoms with Gasteiger partial charge < -0.3 is 24.6 Å². The maximum absolute atomic E-state index is 12.1. The van der Waals surface area contributed by atoms with Crippen molar-refractivity contribution in [3.05, 3.63) is 48.6 Å². The van der Waals surface area contributed by atoms with Crippen LogP contribution in [-0.4, -0.2) is 44.5 Å². The first-order chi connectivity index (χ1) is 12.9. The normalized spacial score (nSPS) is 11.3. The minimum Gasteiger partial charge on any atom is -0.493 e. The summed E-state index contributed by atoms with van der Waals surface area (Å²) in [6, 6.07) is 5.50. The Kier molecular flexibility index (Phi) is 9.68. The van der Waals surface area contributed by atoms with Gasteiger partial charge in [0.1, 0.15) is 0 Å². The number of nitrogens with one attached hydrogen (secondary N) is 1. The number of hydrogen-bond acceptors (Lipinski definition) is 5. The lowest BCUT2D eigenvalue weighted by atomic mass is 9.93. The molecule has 1 aromatic rings. The van der Waals surface area contributed by atoms with Gasteiger partial charge in [0.15, 0.2) is 18.3 Å². The predicted molar refractivity (Wildman–Crippen MR) is 102 cm³/mol. The van der Waals surface area contributed by atoms with E-state index in [1.54, 1.807) is 13.2 Å². The zero-order valence-electron chi connectivity index (χ0n) is 15.8. The Morgan fingerprint density at radius 3 is 2.59 bits per heavy atom. The molecule has 0 bridgehead atoms. The highest BCUT2D eigenvalue weighted by Gasteiger charge is 2.18. The van der Waals surface area contributed by atoms with Crippen molar-refractivity contribution in [1.82, 2.24) is 5.32 Å². The van der Waals surface area contributed by atoms with E-state index in [-0.39, 0.29) is 25.5 Å². The predicted octanol–water partition coefficient (Wildman–Crippen LogP) is 2.56. The smallest absolute Gasteiger partial charge is 0.303 e. The number of carboxylic acids is 1. The molecule has 1 unspecified atom stereocenters. The number of carbonyl (C=O) groups excluding carboxylic acids is 1. The SMILES string of the molecule is C=CC(=C)C(CC(=O)O)CC(=O)NCCc1ccc(OCOC)c(OC)c1. The van der Waals surface area contributed by atoms with Crippen LogP contribution >= 0.6 is 0 Å². The summed E-state index contributed by atoms with van der Waals surface area (Å²) < 4.78 is 15.6. The summed E-state index contributed by atoms with van der Waals surface area (Å²) >= 11 is 0. The van der Waals surface area contributed by atoms with Crippen LogP contribution in [0.25, 0.3) is 0 Å². The minimum atomic E-state index is -0.973. The summed E-state index contributed by atoms with van der Waals surface area (Å²) in [6.45, 7) is 7.89. The van der Waals surface area contributed by atoms with Crippen molar-refractivity contribution >= 4 is 11.9 Å². The van der Waals surface area contributed by atoms with Crippen LogP contribution in [0.4, 0.5) is 0 Å².